The molecule has 17 heavy (non-hydrogen) atoms. The summed E-state index contributed by atoms with van der Waals surface area (Å²) < 4.78 is 0. The van der Waals surface area contributed by atoms with Crippen molar-refractivity contribution >= 4 is 28.6 Å². The second kappa shape index (κ2) is 5.95. The number of thiophene rings is 2. The van der Waals surface area contributed by atoms with Crippen LogP contribution in [0.15, 0.2) is 35.0 Å². The minimum atomic E-state index is 0.00288. The molecule has 0 aliphatic heterocycles. The van der Waals surface area contributed by atoms with Gasteiger partial charge in [0.2, 0.25) is 5.91 Å². The van der Waals surface area contributed by atoms with Gasteiger partial charge in [0.25, 0.3) is 0 Å². The van der Waals surface area contributed by atoms with Crippen molar-refractivity contribution in [1.29, 1.82) is 0 Å². The standard InChI is InChI=1S/C12H14N2OS2/c1-13-11(15)8-14-12(9-4-2-6-16-9)10-5-3-7-17-10/h2-7,12,14H,8H2,1H3,(H,13,15). The summed E-state index contributed by atoms with van der Waals surface area (Å²) in [4.78, 5) is 13.8. The van der Waals surface area contributed by atoms with Crippen LogP contribution in [0.1, 0.15) is 15.8 Å². The molecular weight excluding hydrogens is 252 g/mol. The molecule has 0 saturated heterocycles. The lowest BCUT2D eigenvalue weighted by atomic mass is 10.2. The Labute approximate surface area is 108 Å². The number of carbonyl (C=O) groups is 1. The maximum atomic E-state index is 11.3. The quantitative estimate of drug-likeness (QED) is 0.871. The van der Waals surface area contributed by atoms with Gasteiger partial charge in [-0.15, -0.1) is 22.7 Å². The van der Waals surface area contributed by atoms with Gasteiger partial charge in [-0.3, -0.25) is 10.1 Å². The molecule has 3 nitrogen and oxygen atoms in total. The van der Waals surface area contributed by atoms with Crippen molar-refractivity contribution in [3.05, 3.63) is 44.8 Å². The lowest BCUT2D eigenvalue weighted by molar-refractivity contribution is -0.119. The van der Waals surface area contributed by atoms with E-state index in [2.05, 4.69) is 33.5 Å². The van der Waals surface area contributed by atoms with Gasteiger partial charge in [0, 0.05) is 16.8 Å². The van der Waals surface area contributed by atoms with Crippen LogP contribution in [-0.4, -0.2) is 19.5 Å². The van der Waals surface area contributed by atoms with Crippen molar-refractivity contribution in [3.8, 4) is 0 Å². The summed E-state index contributed by atoms with van der Waals surface area (Å²) in [5, 5.41) is 10.0. The van der Waals surface area contributed by atoms with E-state index in [0.717, 1.165) is 0 Å². The molecule has 0 aliphatic carbocycles. The lowest BCUT2D eigenvalue weighted by Crippen LogP contribution is -2.33. The van der Waals surface area contributed by atoms with Gasteiger partial charge < -0.3 is 5.32 Å². The summed E-state index contributed by atoms with van der Waals surface area (Å²) in [5.41, 5.74) is 0. The number of hydrogen-bond acceptors (Lipinski definition) is 4. The molecule has 0 fully saturated rings. The van der Waals surface area contributed by atoms with Crippen LogP contribution in [0.3, 0.4) is 0 Å². The smallest absolute Gasteiger partial charge is 0.233 e. The maximum Gasteiger partial charge on any atom is 0.233 e. The highest BCUT2D eigenvalue weighted by molar-refractivity contribution is 7.11. The van der Waals surface area contributed by atoms with Crippen LogP contribution < -0.4 is 10.6 Å². The number of amides is 1. The van der Waals surface area contributed by atoms with Crippen molar-refractivity contribution in [2.24, 2.45) is 0 Å². The van der Waals surface area contributed by atoms with E-state index in [4.69, 9.17) is 0 Å². The first-order valence-corrected chi connectivity index (χ1v) is 7.08. The fourth-order valence-electron chi connectivity index (χ4n) is 1.54. The van der Waals surface area contributed by atoms with E-state index in [1.54, 1.807) is 29.7 Å². The van der Waals surface area contributed by atoms with E-state index in [1.165, 1.54) is 9.75 Å². The predicted molar refractivity (Wildman–Crippen MR) is 72.6 cm³/mol. The van der Waals surface area contributed by atoms with Crippen molar-refractivity contribution in [2.45, 2.75) is 6.04 Å². The van der Waals surface area contributed by atoms with Crippen LogP contribution in [0, 0.1) is 0 Å². The molecule has 2 N–H and O–H groups in total. The number of likely N-dealkylation sites (N-methyl/N-ethyl adjacent to an activating group) is 1. The van der Waals surface area contributed by atoms with Gasteiger partial charge in [0.1, 0.15) is 0 Å². The van der Waals surface area contributed by atoms with E-state index >= 15 is 0 Å². The van der Waals surface area contributed by atoms with Crippen LogP contribution in [-0.2, 0) is 4.79 Å². The Morgan fingerprint density at radius 2 is 1.82 bits per heavy atom. The Balaban J connectivity index is 2.11. The summed E-state index contributed by atoms with van der Waals surface area (Å²) in [5.74, 6) is 0.00288. The Morgan fingerprint density at radius 3 is 2.24 bits per heavy atom. The Morgan fingerprint density at radius 1 is 1.24 bits per heavy atom. The van der Waals surface area contributed by atoms with Crippen LogP contribution in [0.4, 0.5) is 0 Å². The van der Waals surface area contributed by atoms with Crippen molar-refractivity contribution in [3.63, 3.8) is 0 Å². The third-order valence-corrected chi connectivity index (χ3v) is 4.28. The highest BCUT2D eigenvalue weighted by Gasteiger charge is 2.16. The molecule has 0 saturated carbocycles. The predicted octanol–water partition coefficient (Wildman–Crippen LogP) is 2.23. The summed E-state index contributed by atoms with van der Waals surface area (Å²) in [7, 11) is 1.65. The molecule has 2 heterocycles. The first-order valence-electron chi connectivity index (χ1n) is 5.32. The third kappa shape index (κ3) is 3.15. The van der Waals surface area contributed by atoms with Gasteiger partial charge in [-0.1, -0.05) is 12.1 Å². The van der Waals surface area contributed by atoms with Gasteiger partial charge in [-0.25, -0.2) is 0 Å². The molecule has 0 aliphatic rings. The molecule has 5 heteroatoms. The summed E-state index contributed by atoms with van der Waals surface area (Å²) >= 11 is 3.40. The van der Waals surface area contributed by atoms with Gasteiger partial charge in [0.05, 0.1) is 12.6 Å². The molecule has 1 amide bonds. The van der Waals surface area contributed by atoms with Crippen molar-refractivity contribution in [2.75, 3.05) is 13.6 Å². The molecule has 90 valence electrons. The van der Waals surface area contributed by atoms with Crippen LogP contribution in [0.2, 0.25) is 0 Å². The monoisotopic (exact) mass is 266 g/mol. The summed E-state index contributed by atoms with van der Waals surface area (Å²) in [6.45, 7) is 0.330. The maximum absolute atomic E-state index is 11.3. The average Bonchev–Trinajstić information content (AvgIpc) is 3.01. The molecule has 2 aromatic heterocycles. The molecule has 2 aromatic rings. The van der Waals surface area contributed by atoms with E-state index in [0.29, 0.717) is 6.54 Å². The molecule has 0 aromatic carbocycles. The zero-order valence-electron chi connectivity index (χ0n) is 9.47. The molecule has 0 radical (unpaired) electrons. The Bertz CT molecular complexity index is 417. The molecular formula is C12H14N2OS2. The van der Waals surface area contributed by atoms with E-state index in [-0.39, 0.29) is 11.9 Å². The highest BCUT2D eigenvalue weighted by atomic mass is 32.1. The minimum absolute atomic E-state index is 0.00288. The molecule has 0 unspecified atom stereocenters. The number of nitrogens with one attached hydrogen (secondary N) is 2. The topological polar surface area (TPSA) is 41.1 Å². The van der Waals surface area contributed by atoms with Gasteiger partial charge in [-0.05, 0) is 22.9 Å². The van der Waals surface area contributed by atoms with Crippen LogP contribution >= 0.6 is 22.7 Å². The van der Waals surface area contributed by atoms with Crippen molar-refractivity contribution < 1.29 is 4.79 Å². The van der Waals surface area contributed by atoms with E-state index in [1.807, 2.05) is 12.1 Å². The second-order valence-corrected chi connectivity index (χ2v) is 5.48. The zero-order chi connectivity index (χ0) is 12.1. The van der Waals surface area contributed by atoms with Gasteiger partial charge in [-0.2, -0.15) is 0 Å². The van der Waals surface area contributed by atoms with E-state index < -0.39 is 0 Å². The Hall–Kier alpha value is -1.17. The molecule has 0 spiro atoms. The van der Waals surface area contributed by atoms with Gasteiger partial charge >= 0.3 is 0 Å². The largest absolute Gasteiger partial charge is 0.358 e. The van der Waals surface area contributed by atoms with E-state index in [9.17, 15) is 4.79 Å². The van der Waals surface area contributed by atoms with Crippen LogP contribution in [0.5, 0.6) is 0 Å². The van der Waals surface area contributed by atoms with Crippen molar-refractivity contribution in [1.82, 2.24) is 10.6 Å². The average molecular weight is 266 g/mol. The summed E-state index contributed by atoms with van der Waals surface area (Å²) in [6.07, 6.45) is 0. The first-order chi connectivity index (χ1) is 8.31. The fraction of sp³-hybridized carbons (Fsp3) is 0.250. The Kier molecular flexibility index (Phi) is 4.30. The van der Waals surface area contributed by atoms with Gasteiger partial charge in [0.15, 0.2) is 0 Å². The summed E-state index contributed by atoms with van der Waals surface area (Å²) in [6, 6.07) is 8.36. The first kappa shape index (κ1) is 12.3. The number of carbonyl (C=O) groups excluding carboxylic acids is 1. The lowest BCUT2D eigenvalue weighted by Gasteiger charge is -2.15. The molecule has 0 atom stereocenters. The fourth-order valence-corrected chi connectivity index (χ4v) is 3.25. The van der Waals surface area contributed by atoms with Crippen LogP contribution in [0.25, 0.3) is 0 Å². The SMILES string of the molecule is CNC(=O)CNC(c1cccs1)c1cccs1. The third-order valence-electron chi connectivity index (χ3n) is 2.40. The molecule has 2 rings (SSSR count). The zero-order valence-corrected chi connectivity index (χ0v) is 11.1. The molecule has 0 bridgehead atoms. The highest BCUT2D eigenvalue weighted by Crippen LogP contribution is 2.28. The minimum Gasteiger partial charge on any atom is -0.358 e. The normalized spacial score (nSPS) is 10.7. The number of hydrogen-bond donors (Lipinski definition) is 2. The number of rotatable bonds is 5. The second-order valence-electron chi connectivity index (χ2n) is 3.52.